The predicted molar refractivity (Wildman–Crippen MR) is 113 cm³/mol. The van der Waals surface area contributed by atoms with Crippen molar-refractivity contribution in [3.8, 4) is 5.75 Å². The Bertz CT molecular complexity index is 1110. The Morgan fingerprint density at radius 2 is 1.87 bits per heavy atom. The van der Waals surface area contributed by atoms with E-state index in [1.54, 1.807) is 14.0 Å². The van der Waals surface area contributed by atoms with E-state index in [4.69, 9.17) is 14.5 Å². The zero-order chi connectivity index (χ0) is 21.1. The molecule has 3 aromatic rings. The van der Waals surface area contributed by atoms with E-state index in [0.717, 1.165) is 47.0 Å². The summed E-state index contributed by atoms with van der Waals surface area (Å²) in [6.45, 7) is 1.87. The van der Waals surface area contributed by atoms with E-state index < -0.39 is 12.1 Å². The Hall–Kier alpha value is -3.41. The summed E-state index contributed by atoms with van der Waals surface area (Å²) in [6, 6.07) is 15.0. The molecule has 1 aliphatic rings. The fourth-order valence-electron chi connectivity index (χ4n) is 3.89. The summed E-state index contributed by atoms with van der Waals surface area (Å²) in [4.78, 5) is 30.3. The van der Waals surface area contributed by atoms with Gasteiger partial charge in [0.2, 0.25) is 0 Å². The number of benzene rings is 2. The van der Waals surface area contributed by atoms with Gasteiger partial charge >= 0.3 is 5.97 Å². The lowest BCUT2D eigenvalue weighted by molar-refractivity contribution is -0.129. The molecule has 6 nitrogen and oxygen atoms in total. The van der Waals surface area contributed by atoms with Gasteiger partial charge in [0.25, 0.3) is 5.91 Å². The Labute approximate surface area is 175 Å². The van der Waals surface area contributed by atoms with E-state index in [-0.39, 0.29) is 5.91 Å². The minimum atomic E-state index is -0.920. The first-order valence-corrected chi connectivity index (χ1v) is 10.1. The minimum Gasteiger partial charge on any atom is -0.496 e. The maximum atomic E-state index is 13.1. The van der Waals surface area contributed by atoms with Gasteiger partial charge in [0, 0.05) is 23.2 Å². The molecular weight excluding hydrogens is 380 g/mol. The van der Waals surface area contributed by atoms with Crippen molar-refractivity contribution in [2.24, 2.45) is 0 Å². The van der Waals surface area contributed by atoms with Gasteiger partial charge in [-0.1, -0.05) is 36.4 Å². The average Bonchev–Trinajstić information content (AvgIpc) is 3.23. The van der Waals surface area contributed by atoms with Gasteiger partial charge in [-0.2, -0.15) is 0 Å². The normalized spacial score (nSPS) is 13.5. The van der Waals surface area contributed by atoms with Crippen molar-refractivity contribution in [2.75, 3.05) is 7.11 Å². The van der Waals surface area contributed by atoms with Gasteiger partial charge < -0.3 is 14.8 Å². The van der Waals surface area contributed by atoms with E-state index in [9.17, 15) is 9.59 Å². The van der Waals surface area contributed by atoms with Crippen LogP contribution in [0.4, 0.5) is 0 Å². The van der Waals surface area contributed by atoms with Gasteiger partial charge in [-0.05, 0) is 43.9 Å². The fraction of sp³-hybridized carbons (Fsp3) is 0.292. The van der Waals surface area contributed by atoms with Crippen LogP contribution in [0.1, 0.15) is 40.5 Å². The summed E-state index contributed by atoms with van der Waals surface area (Å²) in [7, 11) is 1.59. The molecule has 1 aromatic heterocycles. The Morgan fingerprint density at radius 3 is 2.70 bits per heavy atom. The van der Waals surface area contributed by atoms with E-state index in [1.807, 2.05) is 48.5 Å². The number of aromatic nitrogens is 1. The molecule has 1 N–H and O–H groups in total. The summed E-state index contributed by atoms with van der Waals surface area (Å²) in [5.41, 5.74) is 4.06. The van der Waals surface area contributed by atoms with Crippen molar-refractivity contribution in [3.63, 3.8) is 0 Å². The summed E-state index contributed by atoms with van der Waals surface area (Å²) < 4.78 is 10.9. The fourth-order valence-corrected chi connectivity index (χ4v) is 3.89. The zero-order valence-electron chi connectivity index (χ0n) is 17.1. The maximum absolute atomic E-state index is 13.1. The molecule has 30 heavy (non-hydrogen) atoms. The number of methoxy groups -OCH3 is 1. The molecule has 0 unspecified atom stereocenters. The highest BCUT2D eigenvalue weighted by molar-refractivity contribution is 6.06. The highest BCUT2D eigenvalue weighted by atomic mass is 16.5. The summed E-state index contributed by atoms with van der Waals surface area (Å²) >= 11 is 0. The number of carbonyl (C=O) groups is 2. The first-order valence-electron chi connectivity index (χ1n) is 10.1. The smallest absolute Gasteiger partial charge is 0.339 e. The van der Waals surface area contributed by atoms with Crippen molar-refractivity contribution in [3.05, 3.63) is 70.9 Å². The minimum absolute atomic E-state index is 0.290. The molecule has 0 spiro atoms. The van der Waals surface area contributed by atoms with Gasteiger partial charge in [0.15, 0.2) is 6.10 Å². The second-order valence-electron chi connectivity index (χ2n) is 7.36. The molecule has 0 radical (unpaired) electrons. The van der Waals surface area contributed by atoms with Crippen LogP contribution in [-0.2, 0) is 28.9 Å². The van der Waals surface area contributed by atoms with Crippen LogP contribution in [0.2, 0.25) is 0 Å². The summed E-state index contributed by atoms with van der Waals surface area (Å²) in [6.07, 6.45) is 1.70. The average molecular weight is 404 g/mol. The Kier molecular flexibility index (Phi) is 5.65. The molecule has 0 saturated heterocycles. The van der Waals surface area contributed by atoms with Crippen molar-refractivity contribution < 1.29 is 19.1 Å². The van der Waals surface area contributed by atoms with E-state index in [0.29, 0.717) is 17.9 Å². The highest BCUT2D eigenvalue weighted by Gasteiger charge is 2.27. The number of aryl methyl sites for hydroxylation is 1. The molecule has 0 saturated carbocycles. The maximum Gasteiger partial charge on any atom is 0.339 e. The van der Waals surface area contributed by atoms with Crippen LogP contribution >= 0.6 is 0 Å². The number of hydrogen-bond acceptors (Lipinski definition) is 5. The second kappa shape index (κ2) is 8.53. The number of pyridine rings is 1. The third-order valence-electron chi connectivity index (χ3n) is 5.42. The molecule has 6 heteroatoms. The largest absolute Gasteiger partial charge is 0.496 e. The first-order chi connectivity index (χ1) is 14.6. The lowest BCUT2D eigenvalue weighted by Gasteiger charge is -2.17. The summed E-state index contributed by atoms with van der Waals surface area (Å²) in [5.74, 6) is -0.141. The van der Waals surface area contributed by atoms with Crippen molar-refractivity contribution in [2.45, 2.75) is 38.8 Å². The van der Waals surface area contributed by atoms with Crippen LogP contribution in [0.3, 0.4) is 0 Å². The van der Waals surface area contributed by atoms with Gasteiger partial charge in [-0.15, -0.1) is 0 Å². The number of ether oxygens (including phenoxy) is 2. The van der Waals surface area contributed by atoms with Gasteiger partial charge in [0.1, 0.15) is 5.75 Å². The quantitative estimate of drug-likeness (QED) is 0.635. The molecular formula is C24H24N2O4. The van der Waals surface area contributed by atoms with E-state index in [2.05, 4.69) is 5.32 Å². The highest BCUT2D eigenvalue weighted by Crippen LogP contribution is 2.30. The number of esters is 1. The monoisotopic (exact) mass is 404 g/mol. The molecule has 2 aromatic carbocycles. The van der Waals surface area contributed by atoms with E-state index in [1.165, 1.54) is 0 Å². The SMILES string of the molecule is COc1ccccc1CNC(=O)[C@H](C)OC(=O)c1c2c(nc3ccccc13)CCC2. The zero-order valence-corrected chi connectivity index (χ0v) is 17.1. The topological polar surface area (TPSA) is 77.5 Å². The number of carbonyl (C=O) groups excluding carboxylic acids is 2. The number of nitrogens with one attached hydrogen (secondary N) is 1. The standard InChI is InChI=1S/C24H24N2O4/c1-15(23(27)25-14-16-8-3-6-13-21(16)29-2)30-24(28)22-17-9-4-5-11-19(17)26-20-12-7-10-18(20)22/h3-6,8-9,11,13,15H,7,10,12,14H2,1-2H3,(H,25,27)/t15-/m0/s1. The predicted octanol–water partition coefficient (Wildman–Crippen LogP) is 3.59. The number of nitrogens with zero attached hydrogens (tertiary/aromatic N) is 1. The van der Waals surface area contributed by atoms with Crippen LogP contribution in [0.25, 0.3) is 10.9 Å². The van der Waals surface area contributed by atoms with Crippen molar-refractivity contribution >= 4 is 22.8 Å². The number of fused-ring (bicyclic) bond motifs is 2. The van der Waals surface area contributed by atoms with Crippen LogP contribution in [-0.4, -0.2) is 30.1 Å². The summed E-state index contributed by atoms with van der Waals surface area (Å²) in [5, 5.41) is 3.58. The Balaban J connectivity index is 1.49. The van der Waals surface area contributed by atoms with Gasteiger partial charge in [-0.3, -0.25) is 9.78 Å². The second-order valence-corrected chi connectivity index (χ2v) is 7.36. The molecule has 0 aliphatic heterocycles. The van der Waals surface area contributed by atoms with Crippen LogP contribution in [0.15, 0.2) is 48.5 Å². The molecule has 1 aliphatic carbocycles. The lowest BCUT2D eigenvalue weighted by atomic mass is 10.0. The number of amides is 1. The number of para-hydroxylation sites is 2. The van der Waals surface area contributed by atoms with Gasteiger partial charge in [-0.25, -0.2) is 4.79 Å². The third-order valence-corrected chi connectivity index (χ3v) is 5.42. The van der Waals surface area contributed by atoms with Crippen molar-refractivity contribution in [1.29, 1.82) is 0 Å². The molecule has 4 rings (SSSR count). The number of hydrogen-bond donors (Lipinski definition) is 1. The Morgan fingerprint density at radius 1 is 1.10 bits per heavy atom. The van der Waals surface area contributed by atoms with Crippen molar-refractivity contribution in [1.82, 2.24) is 10.3 Å². The molecule has 1 atom stereocenters. The first kappa shape index (κ1) is 19.9. The third kappa shape index (κ3) is 3.85. The van der Waals surface area contributed by atoms with E-state index >= 15 is 0 Å². The molecule has 0 bridgehead atoms. The van der Waals surface area contributed by atoms with Crippen LogP contribution in [0.5, 0.6) is 5.75 Å². The molecule has 1 heterocycles. The van der Waals surface area contributed by atoms with Gasteiger partial charge in [0.05, 0.1) is 18.2 Å². The number of rotatable bonds is 6. The van der Waals surface area contributed by atoms with Crippen LogP contribution in [0, 0.1) is 0 Å². The molecule has 154 valence electrons. The lowest BCUT2D eigenvalue weighted by Crippen LogP contribution is -2.35. The molecule has 1 amide bonds. The van der Waals surface area contributed by atoms with Crippen LogP contribution < -0.4 is 10.1 Å². The molecule has 0 fully saturated rings.